The van der Waals surface area contributed by atoms with Crippen LogP contribution in [0.4, 0.5) is 5.82 Å². The predicted molar refractivity (Wildman–Crippen MR) is 97.8 cm³/mol. The van der Waals surface area contributed by atoms with E-state index in [0.29, 0.717) is 36.8 Å². The van der Waals surface area contributed by atoms with E-state index < -0.39 is 0 Å². The summed E-state index contributed by atoms with van der Waals surface area (Å²) in [6.07, 6.45) is 3.57. The molecule has 0 aliphatic carbocycles. The molecule has 3 aromatic rings. The van der Waals surface area contributed by atoms with Gasteiger partial charge in [0.2, 0.25) is 11.8 Å². The minimum atomic E-state index is -0.0676. The molecule has 0 unspecified atom stereocenters. The van der Waals surface area contributed by atoms with Gasteiger partial charge in [0.05, 0.1) is 6.04 Å². The Kier molecular flexibility index (Phi) is 5.46. The molecular formula is C19H23N5O2. The van der Waals surface area contributed by atoms with Crippen LogP contribution in [0, 0.1) is 13.8 Å². The molecule has 1 atom stereocenters. The molecule has 0 bridgehead atoms. The third-order valence-corrected chi connectivity index (χ3v) is 4.22. The van der Waals surface area contributed by atoms with Crippen LogP contribution in [0.3, 0.4) is 0 Å². The van der Waals surface area contributed by atoms with Gasteiger partial charge >= 0.3 is 0 Å². The smallest absolute Gasteiger partial charge is 0.226 e. The average molecular weight is 353 g/mol. The van der Waals surface area contributed by atoms with Crippen LogP contribution >= 0.6 is 0 Å². The number of anilines is 1. The molecule has 136 valence electrons. The molecule has 7 nitrogen and oxygen atoms in total. The summed E-state index contributed by atoms with van der Waals surface area (Å²) in [5, 5.41) is 11.2. The summed E-state index contributed by atoms with van der Waals surface area (Å²) in [5.41, 5.74) is 2.11. The van der Waals surface area contributed by atoms with Gasteiger partial charge in [0.25, 0.3) is 0 Å². The van der Waals surface area contributed by atoms with Crippen molar-refractivity contribution in [3.8, 4) is 0 Å². The number of nitrogens with one attached hydrogen (secondary N) is 1. The zero-order valence-electron chi connectivity index (χ0n) is 15.3. The van der Waals surface area contributed by atoms with E-state index in [9.17, 15) is 4.79 Å². The van der Waals surface area contributed by atoms with Crippen LogP contribution in [0.5, 0.6) is 0 Å². The minimum Gasteiger partial charge on any atom is -0.339 e. The molecule has 0 saturated carbocycles. The summed E-state index contributed by atoms with van der Waals surface area (Å²) in [4.78, 5) is 16.3. The molecule has 7 heteroatoms. The number of carbonyl (C=O) groups excluding carboxylic acids is 1. The number of aromatic nitrogens is 4. The molecule has 0 radical (unpaired) electrons. The second-order valence-electron chi connectivity index (χ2n) is 6.36. The number of hydrogen-bond donors (Lipinski definition) is 1. The molecule has 2 heterocycles. The first kappa shape index (κ1) is 17.8. The maximum absolute atomic E-state index is 12.2. The summed E-state index contributed by atoms with van der Waals surface area (Å²) in [6.45, 7) is 5.80. The first-order chi connectivity index (χ1) is 12.5. The summed E-state index contributed by atoms with van der Waals surface area (Å²) >= 11 is 0. The lowest BCUT2D eigenvalue weighted by Crippen LogP contribution is -2.14. The zero-order chi connectivity index (χ0) is 18.5. The van der Waals surface area contributed by atoms with Gasteiger partial charge in [-0.3, -0.25) is 9.48 Å². The zero-order valence-corrected chi connectivity index (χ0v) is 15.3. The number of hydrogen-bond acceptors (Lipinski definition) is 5. The standard InChI is InChI=1S/C19H23N5O2/c1-13-12-24(14(2)16-8-5-4-6-9-16)22-19(13)21-17(25)10-7-11-18-20-15(3)23-26-18/h4-6,8-9,12,14H,7,10-11H2,1-3H3,(H,21,22,25)/t14-/m0/s1. The SMILES string of the molecule is Cc1noc(CCCC(=O)Nc2nn([C@@H](C)c3ccccc3)cc2C)n1. The van der Waals surface area contributed by atoms with Gasteiger partial charge in [-0.2, -0.15) is 10.1 Å². The van der Waals surface area contributed by atoms with Gasteiger partial charge in [-0.1, -0.05) is 35.5 Å². The van der Waals surface area contributed by atoms with Crippen LogP contribution in [0.2, 0.25) is 0 Å². The number of carbonyl (C=O) groups is 1. The van der Waals surface area contributed by atoms with Gasteiger partial charge in [0.1, 0.15) is 0 Å². The summed E-state index contributed by atoms with van der Waals surface area (Å²) in [6, 6.07) is 10.2. The van der Waals surface area contributed by atoms with Crippen molar-refractivity contribution in [1.29, 1.82) is 0 Å². The lowest BCUT2D eigenvalue weighted by Gasteiger charge is -2.12. The van der Waals surface area contributed by atoms with E-state index in [1.54, 1.807) is 6.92 Å². The Balaban J connectivity index is 1.56. The first-order valence-corrected chi connectivity index (χ1v) is 8.72. The maximum atomic E-state index is 12.2. The fourth-order valence-corrected chi connectivity index (χ4v) is 2.73. The van der Waals surface area contributed by atoms with Crippen molar-refractivity contribution < 1.29 is 9.32 Å². The van der Waals surface area contributed by atoms with Gasteiger partial charge in [0.15, 0.2) is 11.6 Å². The number of amides is 1. The third kappa shape index (κ3) is 4.36. The fourth-order valence-electron chi connectivity index (χ4n) is 2.73. The van der Waals surface area contributed by atoms with E-state index in [4.69, 9.17) is 4.52 Å². The number of nitrogens with zero attached hydrogens (tertiary/aromatic N) is 4. The molecule has 0 fully saturated rings. The van der Waals surface area contributed by atoms with E-state index in [1.165, 1.54) is 5.56 Å². The van der Waals surface area contributed by atoms with E-state index in [1.807, 2.05) is 36.0 Å². The molecule has 0 saturated heterocycles. The number of aryl methyl sites for hydroxylation is 3. The normalized spacial score (nSPS) is 12.1. The molecule has 3 rings (SSSR count). The van der Waals surface area contributed by atoms with Crippen molar-refractivity contribution in [3.05, 3.63) is 59.4 Å². The number of rotatable bonds is 7. The van der Waals surface area contributed by atoms with E-state index >= 15 is 0 Å². The lowest BCUT2D eigenvalue weighted by atomic mass is 10.1. The minimum absolute atomic E-state index is 0.0676. The quantitative estimate of drug-likeness (QED) is 0.703. The van der Waals surface area contributed by atoms with Gasteiger partial charge < -0.3 is 9.84 Å². The van der Waals surface area contributed by atoms with E-state index in [-0.39, 0.29) is 11.9 Å². The monoisotopic (exact) mass is 353 g/mol. The fraction of sp³-hybridized carbons (Fsp3) is 0.368. The molecular weight excluding hydrogens is 330 g/mol. The van der Waals surface area contributed by atoms with Crippen LogP contribution in [0.15, 0.2) is 41.1 Å². The molecule has 1 aromatic carbocycles. The number of benzene rings is 1. The second-order valence-corrected chi connectivity index (χ2v) is 6.36. The Morgan fingerprint density at radius 3 is 2.73 bits per heavy atom. The molecule has 1 N–H and O–H groups in total. The van der Waals surface area contributed by atoms with Crippen molar-refractivity contribution in [3.63, 3.8) is 0 Å². The summed E-state index contributed by atoms with van der Waals surface area (Å²) in [7, 11) is 0. The molecule has 26 heavy (non-hydrogen) atoms. The van der Waals surface area contributed by atoms with Crippen LogP contribution in [0.1, 0.15) is 48.6 Å². The predicted octanol–water partition coefficient (Wildman–Crippen LogP) is 3.45. The van der Waals surface area contributed by atoms with Crippen LogP contribution in [-0.4, -0.2) is 25.8 Å². The highest BCUT2D eigenvalue weighted by Crippen LogP contribution is 2.21. The average Bonchev–Trinajstić information content (AvgIpc) is 3.21. The highest BCUT2D eigenvalue weighted by atomic mass is 16.5. The van der Waals surface area contributed by atoms with E-state index in [0.717, 1.165) is 5.56 Å². The van der Waals surface area contributed by atoms with Crippen molar-refractivity contribution in [1.82, 2.24) is 19.9 Å². The van der Waals surface area contributed by atoms with Crippen LogP contribution in [0.25, 0.3) is 0 Å². The molecule has 2 aromatic heterocycles. The van der Waals surface area contributed by atoms with Gasteiger partial charge in [0, 0.05) is 24.6 Å². The second kappa shape index (κ2) is 7.95. The highest BCUT2D eigenvalue weighted by molar-refractivity contribution is 5.90. The van der Waals surface area contributed by atoms with E-state index in [2.05, 4.69) is 39.6 Å². The molecule has 1 amide bonds. The van der Waals surface area contributed by atoms with Crippen molar-refractivity contribution in [2.75, 3.05) is 5.32 Å². The Hall–Kier alpha value is -2.96. The first-order valence-electron chi connectivity index (χ1n) is 8.72. The molecule has 0 aliphatic heterocycles. The Morgan fingerprint density at radius 2 is 2.04 bits per heavy atom. The maximum Gasteiger partial charge on any atom is 0.226 e. The van der Waals surface area contributed by atoms with Crippen molar-refractivity contribution in [2.24, 2.45) is 0 Å². The van der Waals surface area contributed by atoms with Crippen molar-refractivity contribution >= 4 is 11.7 Å². The van der Waals surface area contributed by atoms with Gasteiger partial charge in [-0.15, -0.1) is 0 Å². The summed E-state index contributed by atoms with van der Waals surface area (Å²) in [5.74, 6) is 1.71. The van der Waals surface area contributed by atoms with Gasteiger partial charge in [-0.05, 0) is 32.8 Å². The van der Waals surface area contributed by atoms with Crippen molar-refractivity contribution in [2.45, 2.75) is 46.1 Å². The Bertz CT molecular complexity index is 869. The van der Waals surface area contributed by atoms with Crippen LogP contribution in [-0.2, 0) is 11.2 Å². The lowest BCUT2D eigenvalue weighted by molar-refractivity contribution is -0.116. The van der Waals surface area contributed by atoms with Crippen LogP contribution < -0.4 is 5.32 Å². The summed E-state index contributed by atoms with van der Waals surface area (Å²) < 4.78 is 6.92. The topological polar surface area (TPSA) is 85.8 Å². The third-order valence-electron chi connectivity index (χ3n) is 4.22. The molecule has 0 aliphatic rings. The molecule has 0 spiro atoms. The largest absolute Gasteiger partial charge is 0.339 e. The Morgan fingerprint density at radius 1 is 1.27 bits per heavy atom. The van der Waals surface area contributed by atoms with Gasteiger partial charge in [-0.25, -0.2) is 0 Å². The highest BCUT2D eigenvalue weighted by Gasteiger charge is 2.14. The Labute approximate surface area is 152 Å².